The Morgan fingerprint density at radius 2 is 1.68 bits per heavy atom. The van der Waals surface area contributed by atoms with E-state index in [0.29, 0.717) is 22.0 Å². The molecule has 0 spiro atoms. The number of hydrogen-bond acceptors (Lipinski definition) is 4. The van der Waals surface area contributed by atoms with Crippen LogP contribution in [0.4, 0.5) is 11.4 Å². The van der Waals surface area contributed by atoms with E-state index in [2.05, 4.69) is 10.6 Å². The molecule has 0 saturated heterocycles. The van der Waals surface area contributed by atoms with Crippen LogP contribution >= 0.6 is 23.2 Å². The van der Waals surface area contributed by atoms with Gasteiger partial charge in [-0.05, 0) is 42.5 Å². The van der Waals surface area contributed by atoms with Crippen molar-refractivity contribution in [1.82, 2.24) is 0 Å². The fourth-order valence-electron chi connectivity index (χ4n) is 1.81. The molecule has 25 heavy (non-hydrogen) atoms. The lowest BCUT2D eigenvalue weighted by Crippen LogP contribution is -2.14. The molecule has 0 aliphatic heterocycles. The number of benzene rings is 2. The Morgan fingerprint density at radius 1 is 1.04 bits per heavy atom. The van der Waals surface area contributed by atoms with Gasteiger partial charge in [-0.1, -0.05) is 23.2 Å². The van der Waals surface area contributed by atoms with E-state index in [9.17, 15) is 9.59 Å². The summed E-state index contributed by atoms with van der Waals surface area (Å²) in [7, 11) is 0. The number of nitrogens with one attached hydrogen (secondary N) is 2. The van der Waals surface area contributed by atoms with Crippen LogP contribution in [-0.4, -0.2) is 11.8 Å². The van der Waals surface area contributed by atoms with Crippen molar-refractivity contribution >= 4 is 46.4 Å². The largest absolute Gasteiger partial charge is 0.366 e. The molecular formula is C17H12Cl2N4O2. The van der Waals surface area contributed by atoms with Gasteiger partial charge in [-0.2, -0.15) is 5.26 Å². The van der Waals surface area contributed by atoms with Crippen molar-refractivity contribution in [3.63, 3.8) is 0 Å². The van der Waals surface area contributed by atoms with Crippen molar-refractivity contribution in [2.45, 2.75) is 0 Å². The number of amides is 2. The molecule has 0 atom stereocenters. The molecule has 0 aliphatic carbocycles. The van der Waals surface area contributed by atoms with E-state index in [1.54, 1.807) is 24.3 Å². The van der Waals surface area contributed by atoms with Crippen LogP contribution in [0.1, 0.15) is 10.4 Å². The number of carbonyl (C=O) groups excluding carboxylic acids is 2. The number of anilines is 2. The van der Waals surface area contributed by atoms with Gasteiger partial charge in [-0.3, -0.25) is 9.59 Å². The van der Waals surface area contributed by atoms with Crippen LogP contribution in [-0.2, 0) is 4.79 Å². The zero-order valence-electron chi connectivity index (χ0n) is 12.7. The number of rotatable bonds is 5. The Bertz CT molecular complexity index is 887. The summed E-state index contributed by atoms with van der Waals surface area (Å²) in [5.74, 6) is -1.15. The second kappa shape index (κ2) is 8.20. The van der Waals surface area contributed by atoms with Gasteiger partial charge < -0.3 is 16.4 Å². The molecule has 0 bridgehead atoms. The molecule has 0 aromatic heterocycles. The minimum absolute atomic E-state index is 0.148. The summed E-state index contributed by atoms with van der Waals surface area (Å²) in [5, 5.41) is 15.1. The van der Waals surface area contributed by atoms with E-state index in [1.807, 2.05) is 0 Å². The summed E-state index contributed by atoms with van der Waals surface area (Å²) in [6.45, 7) is 0. The zero-order valence-corrected chi connectivity index (χ0v) is 14.2. The van der Waals surface area contributed by atoms with Crippen molar-refractivity contribution in [1.29, 1.82) is 5.26 Å². The molecule has 0 aliphatic rings. The van der Waals surface area contributed by atoms with E-state index < -0.39 is 11.8 Å². The lowest BCUT2D eigenvalue weighted by atomic mass is 10.2. The standard InChI is InChI=1S/C17H12Cl2N4O2/c18-14-6-5-13(7-15(14)19)23-17(25)11(8-20)9-22-12-3-1-10(2-4-12)16(21)24/h1-7,9,22H,(H2,21,24)(H,23,25)/b11-9-. The van der Waals surface area contributed by atoms with E-state index in [1.165, 1.54) is 30.5 Å². The average molecular weight is 375 g/mol. The SMILES string of the molecule is N#C/C(=C/Nc1ccc(C(N)=O)cc1)C(=O)Nc1ccc(Cl)c(Cl)c1. The Kier molecular flexibility index (Phi) is 6.01. The molecule has 2 rings (SSSR count). The van der Waals surface area contributed by atoms with E-state index in [0.717, 1.165) is 0 Å². The Labute approximate surface area is 153 Å². The van der Waals surface area contributed by atoms with Gasteiger partial charge in [0.25, 0.3) is 5.91 Å². The van der Waals surface area contributed by atoms with Crippen molar-refractivity contribution in [2.24, 2.45) is 5.73 Å². The molecule has 2 aromatic carbocycles. The van der Waals surface area contributed by atoms with Crippen LogP contribution in [0.15, 0.2) is 54.2 Å². The third-order valence-electron chi connectivity index (χ3n) is 3.10. The summed E-state index contributed by atoms with van der Waals surface area (Å²) >= 11 is 11.7. The zero-order chi connectivity index (χ0) is 18.4. The maximum atomic E-state index is 12.1. The Balaban J connectivity index is 2.08. The molecule has 8 heteroatoms. The molecule has 2 amide bonds. The van der Waals surface area contributed by atoms with Crippen molar-refractivity contribution < 1.29 is 9.59 Å². The fraction of sp³-hybridized carbons (Fsp3) is 0. The highest BCUT2D eigenvalue weighted by molar-refractivity contribution is 6.42. The normalized spacial score (nSPS) is 10.7. The molecule has 0 heterocycles. The first kappa shape index (κ1) is 18.3. The molecule has 0 unspecified atom stereocenters. The molecule has 4 N–H and O–H groups in total. The summed E-state index contributed by atoms with van der Waals surface area (Å²) in [6.07, 6.45) is 1.26. The summed E-state index contributed by atoms with van der Waals surface area (Å²) < 4.78 is 0. The highest BCUT2D eigenvalue weighted by Crippen LogP contribution is 2.25. The van der Waals surface area contributed by atoms with Crippen LogP contribution in [0.25, 0.3) is 0 Å². The molecule has 2 aromatic rings. The molecular weight excluding hydrogens is 363 g/mol. The first-order valence-corrected chi connectivity index (χ1v) is 7.69. The predicted molar refractivity (Wildman–Crippen MR) is 97.4 cm³/mol. The lowest BCUT2D eigenvalue weighted by Gasteiger charge is -2.06. The number of nitrogens with two attached hydrogens (primary N) is 1. The van der Waals surface area contributed by atoms with Crippen molar-refractivity contribution in [3.8, 4) is 6.07 Å². The highest BCUT2D eigenvalue weighted by atomic mass is 35.5. The van der Waals surface area contributed by atoms with Gasteiger partial charge in [-0.25, -0.2) is 0 Å². The molecule has 6 nitrogen and oxygen atoms in total. The lowest BCUT2D eigenvalue weighted by molar-refractivity contribution is -0.112. The van der Waals surface area contributed by atoms with Crippen LogP contribution in [0.5, 0.6) is 0 Å². The molecule has 0 fully saturated rings. The summed E-state index contributed by atoms with van der Waals surface area (Å²) in [5.41, 5.74) is 6.35. The molecule has 126 valence electrons. The number of carbonyl (C=O) groups is 2. The van der Waals surface area contributed by atoms with E-state index in [-0.39, 0.29) is 10.6 Å². The van der Waals surface area contributed by atoms with Crippen LogP contribution < -0.4 is 16.4 Å². The van der Waals surface area contributed by atoms with Crippen LogP contribution in [0.2, 0.25) is 10.0 Å². The number of primary amides is 1. The number of nitrogens with zero attached hydrogens (tertiary/aromatic N) is 1. The summed E-state index contributed by atoms with van der Waals surface area (Å²) in [6, 6.07) is 12.6. The second-order valence-corrected chi connectivity index (χ2v) is 5.65. The smallest absolute Gasteiger partial charge is 0.267 e. The Hall–Kier alpha value is -3.01. The maximum absolute atomic E-state index is 12.1. The van der Waals surface area contributed by atoms with Gasteiger partial charge in [0.15, 0.2) is 0 Å². The average Bonchev–Trinajstić information content (AvgIpc) is 2.59. The van der Waals surface area contributed by atoms with Gasteiger partial charge in [0.05, 0.1) is 10.0 Å². The van der Waals surface area contributed by atoms with Gasteiger partial charge in [0.1, 0.15) is 11.6 Å². The topological polar surface area (TPSA) is 108 Å². The summed E-state index contributed by atoms with van der Waals surface area (Å²) in [4.78, 5) is 23.1. The van der Waals surface area contributed by atoms with E-state index in [4.69, 9.17) is 34.2 Å². The monoisotopic (exact) mass is 374 g/mol. The third kappa shape index (κ3) is 4.98. The van der Waals surface area contributed by atoms with Gasteiger partial charge >= 0.3 is 0 Å². The fourth-order valence-corrected chi connectivity index (χ4v) is 2.11. The van der Waals surface area contributed by atoms with Gasteiger partial charge in [-0.15, -0.1) is 0 Å². The quantitative estimate of drug-likeness (QED) is 0.549. The minimum atomic E-state index is -0.609. The van der Waals surface area contributed by atoms with Crippen LogP contribution in [0.3, 0.4) is 0 Å². The van der Waals surface area contributed by atoms with E-state index >= 15 is 0 Å². The first-order chi connectivity index (χ1) is 11.9. The van der Waals surface area contributed by atoms with Crippen LogP contribution in [0, 0.1) is 11.3 Å². The maximum Gasteiger partial charge on any atom is 0.267 e. The second-order valence-electron chi connectivity index (χ2n) is 4.84. The van der Waals surface area contributed by atoms with Crippen molar-refractivity contribution in [3.05, 3.63) is 69.8 Å². The minimum Gasteiger partial charge on any atom is -0.366 e. The third-order valence-corrected chi connectivity index (χ3v) is 3.83. The molecule has 0 radical (unpaired) electrons. The molecule has 0 saturated carbocycles. The number of halogens is 2. The predicted octanol–water partition coefficient (Wildman–Crippen LogP) is 3.55. The first-order valence-electron chi connectivity index (χ1n) is 6.94. The Morgan fingerprint density at radius 3 is 2.24 bits per heavy atom. The number of nitriles is 1. The number of hydrogen-bond donors (Lipinski definition) is 3. The van der Waals surface area contributed by atoms with Crippen molar-refractivity contribution in [2.75, 3.05) is 10.6 Å². The van der Waals surface area contributed by atoms with Gasteiger partial charge in [0.2, 0.25) is 5.91 Å². The highest BCUT2D eigenvalue weighted by Gasteiger charge is 2.10. The van der Waals surface area contributed by atoms with Gasteiger partial charge in [0, 0.05) is 23.1 Å².